The minimum Gasteiger partial charge on any atom is -0.480 e. The van der Waals surface area contributed by atoms with Crippen molar-refractivity contribution >= 4 is 41.4 Å². The molecule has 0 rings (SSSR count). The Morgan fingerprint density at radius 3 is 1.94 bits per heavy atom. The number of hydrogen-bond donors (Lipinski definition) is 6. The van der Waals surface area contributed by atoms with Crippen molar-refractivity contribution in [2.24, 2.45) is 23.3 Å². The molecule has 0 aliphatic rings. The Kier molecular flexibility index (Phi) is 14.4. The number of primary amides is 1. The van der Waals surface area contributed by atoms with Crippen molar-refractivity contribution in [3.05, 3.63) is 0 Å². The highest BCUT2D eigenvalue weighted by molar-refractivity contribution is 7.98. The zero-order valence-corrected chi connectivity index (χ0v) is 20.9. The number of carbonyl (C=O) groups is 5. The third-order valence-corrected chi connectivity index (χ3v) is 5.95. The molecule has 0 spiro atoms. The van der Waals surface area contributed by atoms with Crippen LogP contribution >= 0.6 is 11.8 Å². The first-order valence-electron chi connectivity index (χ1n) is 11.0. The molecule has 0 aromatic heterocycles. The second kappa shape index (κ2) is 15.5. The van der Waals surface area contributed by atoms with E-state index in [9.17, 15) is 29.1 Å². The number of thioether (sulfide) groups is 1. The molecule has 0 heterocycles. The number of aliphatic carboxylic acids is 1. The van der Waals surface area contributed by atoms with Crippen molar-refractivity contribution in [3.63, 3.8) is 0 Å². The number of rotatable bonds is 16. The van der Waals surface area contributed by atoms with Gasteiger partial charge in [0.05, 0.1) is 6.04 Å². The van der Waals surface area contributed by atoms with Gasteiger partial charge in [-0.1, -0.05) is 34.1 Å². The van der Waals surface area contributed by atoms with Crippen molar-refractivity contribution < 1.29 is 29.1 Å². The summed E-state index contributed by atoms with van der Waals surface area (Å²) >= 11 is 1.48. The van der Waals surface area contributed by atoms with Gasteiger partial charge in [0.2, 0.25) is 23.6 Å². The Morgan fingerprint density at radius 2 is 1.48 bits per heavy atom. The fourth-order valence-corrected chi connectivity index (χ4v) is 3.40. The molecule has 0 fully saturated rings. The molecule has 0 aliphatic heterocycles. The second-order valence-corrected chi connectivity index (χ2v) is 9.38. The van der Waals surface area contributed by atoms with Crippen molar-refractivity contribution in [2.45, 2.75) is 77.5 Å². The predicted molar refractivity (Wildman–Crippen MR) is 127 cm³/mol. The fourth-order valence-electron chi connectivity index (χ4n) is 2.92. The number of carbonyl (C=O) groups excluding carboxylic acids is 4. The van der Waals surface area contributed by atoms with Gasteiger partial charge in [-0.2, -0.15) is 11.8 Å². The Balaban J connectivity index is 5.47. The fraction of sp³-hybridized carbons (Fsp3) is 0.762. The van der Waals surface area contributed by atoms with E-state index < -0.39 is 53.8 Å². The van der Waals surface area contributed by atoms with Crippen LogP contribution in [0.15, 0.2) is 0 Å². The smallest absolute Gasteiger partial charge is 0.326 e. The minimum absolute atomic E-state index is 0.0434. The molecule has 4 amide bonds. The van der Waals surface area contributed by atoms with Crippen LogP contribution in [0, 0.1) is 11.8 Å². The highest BCUT2D eigenvalue weighted by atomic mass is 32.2. The second-order valence-electron chi connectivity index (χ2n) is 8.39. The molecule has 0 saturated heterocycles. The van der Waals surface area contributed by atoms with Crippen LogP contribution in [0.25, 0.3) is 0 Å². The highest BCUT2D eigenvalue weighted by Gasteiger charge is 2.33. The third kappa shape index (κ3) is 11.4. The van der Waals surface area contributed by atoms with Gasteiger partial charge in [-0.3, -0.25) is 19.2 Å². The summed E-state index contributed by atoms with van der Waals surface area (Å²) in [6, 6.07) is -4.06. The van der Waals surface area contributed by atoms with Crippen LogP contribution in [0.1, 0.15) is 53.4 Å². The summed E-state index contributed by atoms with van der Waals surface area (Å²) in [6.45, 7) is 6.96. The molecule has 33 heavy (non-hydrogen) atoms. The number of carboxylic acids is 1. The van der Waals surface area contributed by atoms with Gasteiger partial charge in [0.1, 0.15) is 18.1 Å². The molecule has 0 aromatic carbocycles. The lowest BCUT2D eigenvalue weighted by Gasteiger charge is -2.28. The van der Waals surface area contributed by atoms with Crippen LogP contribution in [0.5, 0.6) is 0 Å². The van der Waals surface area contributed by atoms with Crippen LogP contribution in [-0.2, 0) is 24.0 Å². The highest BCUT2D eigenvalue weighted by Crippen LogP contribution is 2.12. The van der Waals surface area contributed by atoms with Crippen LogP contribution in [-0.4, -0.2) is 70.9 Å². The van der Waals surface area contributed by atoms with Crippen LogP contribution in [0.2, 0.25) is 0 Å². The largest absolute Gasteiger partial charge is 0.480 e. The van der Waals surface area contributed by atoms with E-state index in [1.807, 2.05) is 13.2 Å². The molecule has 0 saturated carbocycles. The number of amides is 4. The van der Waals surface area contributed by atoms with Gasteiger partial charge >= 0.3 is 5.97 Å². The van der Waals surface area contributed by atoms with Gasteiger partial charge in [0.15, 0.2) is 0 Å². The molecule has 190 valence electrons. The maximum absolute atomic E-state index is 13.0. The van der Waals surface area contributed by atoms with E-state index in [1.54, 1.807) is 20.8 Å². The lowest BCUT2D eigenvalue weighted by molar-refractivity contribution is -0.144. The molecule has 0 aromatic rings. The SMILES string of the molecule is CCC(C)C(NC(=O)C(CCSC)NC(=O)C(N)CCC(N)=O)C(=O)NC(C(=O)O)C(C)C. The maximum Gasteiger partial charge on any atom is 0.326 e. The van der Waals surface area contributed by atoms with Gasteiger partial charge in [-0.25, -0.2) is 4.79 Å². The average Bonchev–Trinajstić information content (AvgIpc) is 2.75. The van der Waals surface area contributed by atoms with E-state index in [0.717, 1.165) is 0 Å². The summed E-state index contributed by atoms with van der Waals surface area (Å²) in [4.78, 5) is 60.7. The zero-order valence-electron chi connectivity index (χ0n) is 20.1. The van der Waals surface area contributed by atoms with E-state index in [2.05, 4.69) is 16.0 Å². The van der Waals surface area contributed by atoms with Crippen LogP contribution < -0.4 is 27.4 Å². The molecular formula is C21H39N5O6S. The van der Waals surface area contributed by atoms with Gasteiger partial charge in [-0.05, 0) is 36.7 Å². The third-order valence-electron chi connectivity index (χ3n) is 5.31. The number of nitrogens with one attached hydrogen (secondary N) is 3. The molecule has 8 N–H and O–H groups in total. The van der Waals surface area contributed by atoms with E-state index in [0.29, 0.717) is 18.6 Å². The Hall–Kier alpha value is -2.34. The van der Waals surface area contributed by atoms with Crippen molar-refractivity contribution in [3.8, 4) is 0 Å². The molecule has 11 nitrogen and oxygen atoms in total. The summed E-state index contributed by atoms with van der Waals surface area (Å²) in [5.41, 5.74) is 10.9. The minimum atomic E-state index is -1.16. The molecule has 5 atom stereocenters. The van der Waals surface area contributed by atoms with E-state index in [1.165, 1.54) is 11.8 Å². The van der Waals surface area contributed by atoms with Crippen molar-refractivity contribution in [2.75, 3.05) is 12.0 Å². The first-order chi connectivity index (χ1) is 15.3. The van der Waals surface area contributed by atoms with Gasteiger partial charge in [0, 0.05) is 6.42 Å². The van der Waals surface area contributed by atoms with Crippen molar-refractivity contribution in [1.82, 2.24) is 16.0 Å². The standard InChI is InChI=1S/C21H39N5O6S/c1-6-12(4)17(20(30)25-16(11(2)3)21(31)32)26-19(29)14(9-10-33-5)24-18(28)13(22)7-8-15(23)27/h11-14,16-17H,6-10,22H2,1-5H3,(H2,23,27)(H,24,28)(H,25,30)(H,26,29)(H,31,32). The molecule has 0 aliphatic carbocycles. The number of carboxylic acid groups (broad SMARTS) is 1. The Bertz CT molecular complexity index is 690. The van der Waals surface area contributed by atoms with Crippen LogP contribution in [0.4, 0.5) is 0 Å². The quantitative estimate of drug-likeness (QED) is 0.168. The summed E-state index contributed by atoms with van der Waals surface area (Å²) in [6.07, 6.45) is 2.68. The van der Waals surface area contributed by atoms with E-state index in [-0.39, 0.29) is 24.7 Å². The van der Waals surface area contributed by atoms with Crippen molar-refractivity contribution in [1.29, 1.82) is 0 Å². The number of nitrogens with two attached hydrogens (primary N) is 2. The summed E-state index contributed by atoms with van der Waals surface area (Å²) in [5.74, 6) is -3.61. The monoisotopic (exact) mass is 489 g/mol. The lowest BCUT2D eigenvalue weighted by Crippen LogP contribution is -2.59. The topological polar surface area (TPSA) is 194 Å². The Morgan fingerprint density at radius 1 is 0.909 bits per heavy atom. The molecule has 0 radical (unpaired) electrons. The first-order valence-corrected chi connectivity index (χ1v) is 12.4. The lowest BCUT2D eigenvalue weighted by atomic mass is 9.96. The predicted octanol–water partition coefficient (Wildman–Crippen LogP) is -0.427. The molecular weight excluding hydrogens is 450 g/mol. The first kappa shape index (κ1) is 30.7. The number of hydrogen-bond acceptors (Lipinski definition) is 7. The summed E-state index contributed by atoms with van der Waals surface area (Å²) in [7, 11) is 0. The Labute approximate surface area is 199 Å². The normalized spacial score (nSPS) is 15.6. The van der Waals surface area contributed by atoms with E-state index >= 15 is 0 Å². The van der Waals surface area contributed by atoms with Gasteiger partial charge in [-0.15, -0.1) is 0 Å². The summed E-state index contributed by atoms with van der Waals surface area (Å²) in [5, 5.41) is 17.1. The molecule has 5 unspecified atom stereocenters. The van der Waals surface area contributed by atoms with E-state index in [4.69, 9.17) is 11.5 Å². The summed E-state index contributed by atoms with van der Waals surface area (Å²) < 4.78 is 0. The van der Waals surface area contributed by atoms with Gasteiger partial charge in [0.25, 0.3) is 0 Å². The van der Waals surface area contributed by atoms with Crippen LogP contribution in [0.3, 0.4) is 0 Å². The average molecular weight is 490 g/mol. The van der Waals surface area contributed by atoms with Gasteiger partial charge < -0.3 is 32.5 Å². The maximum atomic E-state index is 13.0. The zero-order chi connectivity index (χ0) is 25.7. The molecule has 0 bridgehead atoms. The molecule has 12 heteroatoms.